The smallest absolute Gasteiger partial charge is 0.123 e. The lowest BCUT2D eigenvalue weighted by Gasteiger charge is -2.18. The van der Waals surface area contributed by atoms with Crippen LogP contribution in [0, 0.1) is 9.39 Å². The standard InChI is InChI=1S/C16H17FIN/c1-2-19-16(13-5-9-15(18)10-6-13)11-12-3-7-14(17)8-4-12/h3-10,16,19H,2,11H2,1H3. The maximum absolute atomic E-state index is 12.9. The summed E-state index contributed by atoms with van der Waals surface area (Å²) in [5.74, 6) is -0.182. The minimum absolute atomic E-state index is 0.182. The van der Waals surface area contributed by atoms with Crippen LogP contribution in [0.25, 0.3) is 0 Å². The summed E-state index contributed by atoms with van der Waals surface area (Å²) in [6.07, 6.45) is 0.870. The van der Waals surface area contributed by atoms with Crippen LogP contribution in [-0.2, 0) is 6.42 Å². The van der Waals surface area contributed by atoms with Gasteiger partial charge >= 0.3 is 0 Å². The molecule has 2 aromatic rings. The number of halogens is 2. The Kier molecular flexibility index (Phi) is 5.34. The molecule has 0 aliphatic heterocycles. The molecule has 0 saturated carbocycles. The summed E-state index contributed by atoms with van der Waals surface area (Å²) in [4.78, 5) is 0. The molecule has 0 bridgehead atoms. The quantitative estimate of drug-likeness (QED) is 0.774. The van der Waals surface area contributed by atoms with Crippen molar-refractivity contribution in [2.75, 3.05) is 6.54 Å². The Morgan fingerprint density at radius 3 is 2.26 bits per heavy atom. The molecular formula is C16H17FIN. The molecule has 0 spiro atoms. The second-order valence-electron chi connectivity index (χ2n) is 4.49. The lowest BCUT2D eigenvalue weighted by molar-refractivity contribution is 0.548. The first kappa shape index (κ1) is 14.5. The van der Waals surface area contributed by atoms with Crippen molar-refractivity contribution in [1.82, 2.24) is 5.32 Å². The fourth-order valence-electron chi connectivity index (χ4n) is 2.11. The van der Waals surface area contributed by atoms with Crippen LogP contribution in [0.1, 0.15) is 24.1 Å². The molecule has 0 aliphatic rings. The van der Waals surface area contributed by atoms with Gasteiger partial charge in [-0.15, -0.1) is 0 Å². The van der Waals surface area contributed by atoms with E-state index in [-0.39, 0.29) is 11.9 Å². The van der Waals surface area contributed by atoms with Crippen molar-refractivity contribution in [3.63, 3.8) is 0 Å². The van der Waals surface area contributed by atoms with E-state index < -0.39 is 0 Å². The molecule has 0 amide bonds. The third-order valence-electron chi connectivity index (χ3n) is 3.08. The van der Waals surface area contributed by atoms with Crippen molar-refractivity contribution in [3.05, 3.63) is 69.0 Å². The summed E-state index contributed by atoms with van der Waals surface area (Å²) in [5.41, 5.74) is 2.41. The second kappa shape index (κ2) is 7.01. The van der Waals surface area contributed by atoms with E-state index in [1.54, 1.807) is 0 Å². The number of hydrogen-bond donors (Lipinski definition) is 1. The highest BCUT2D eigenvalue weighted by molar-refractivity contribution is 14.1. The normalized spacial score (nSPS) is 12.4. The Balaban J connectivity index is 2.15. The fraction of sp³-hybridized carbons (Fsp3) is 0.250. The maximum Gasteiger partial charge on any atom is 0.123 e. The van der Waals surface area contributed by atoms with Crippen molar-refractivity contribution in [1.29, 1.82) is 0 Å². The number of likely N-dealkylation sites (N-methyl/N-ethyl adjacent to an activating group) is 1. The van der Waals surface area contributed by atoms with E-state index in [2.05, 4.69) is 59.1 Å². The van der Waals surface area contributed by atoms with Crippen LogP contribution in [0.5, 0.6) is 0 Å². The monoisotopic (exact) mass is 369 g/mol. The van der Waals surface area contributed by atoms with Gasteiger partial charge in [0, 0.05) is 9.61 Å². The third-order valence-corrected chi connectivity index (χ3v) is 3.80. The SMILES string of the molecule is CCNC(Cc1ccc(F)cc1)c1ccc(I)cc1. The van der Waals surface area contributed by atoms with Gasteiger partial charge in [-0.1, -0.05) is 31.2 Å². The van der Waals surface area contributed by atoms with Crippen molar-refractivity contribution >= 4 is 22.6 Å². The molecule has 2 aromatic carbocycles. The third kappa shape index (κ3) is 4.28. The zero-order chi connectivity index (χ0) is 13.7. The van der Waals surface area contributed by atoms with Gasteiger partial charge in [-0.25, -0.2) is 4.39 Å². The molecule has 0 aliphatic carbocycles. The molecule has 1 nitrogen and oxygen atoms in total. The Morgan fingerprint density at radius 2 is 1.68 bits per heavy atom. The van der Waals surface area contributed by atoms with Crippen LogP contribution >= 0.6 is 22.6 Å². The summed E-state index contributed by atoms with van der Waals surface area (Å²) in [6.45, 7) is 3.02. The predicted octanol–water partition coefficient (Wildman–Crippen LogP) is 4.32. The molecule has 2 rings (SSSR count). The molecule has 0 aromatic heterocycles. The van der Waals surface area contributed by atoms with E-state index in [4.69, 9.17) is 0 Å². The highest BCUT2D eigenvalue weighted by atomic mass is 127. The lowest BCUT2D eigenvalue weighted by atomic mass is 9.99. The van der Waals surface area contributed by atoms with Crippen LogP contribution in [0.2, 0.25) is 0 Å². The van der Waals surface area contributed by atoms with Gasteiger partial charge in [0.05, 0.1) is 0 Å². The van der Waals surface area contributed by atoms with Gasteiger partial charge in [0.25, 0.3) is 0 Å². The molecule has 0 saturated heterocycles. The van der Waals surface area contributed by atoms with E-state index in [9.17, 15) is 4.39 Å². The summed E-state index contributed by atoms with van der Waals surface area (Å²) in [6, 6.07) is 15.6. The first-order valence-electron chi connectivity index (χ1n) is 6.42. The van der Waals surface area contributed by atoms with Gasteiger partial charge < -0.3 is 5.32 Å². The molecule has 0 fully saturated rings. The maximum atomic E-state index is 12.9. The van der Waals surface area contributed by atoms with Gasteiger partial charge in [0.2, 0.25) is 0 Å². The molecule has 0 radical (unpaired) electrons. The Bertz CT molecular complexity index is 507. The van der Waals surface area contributed by atoms with E-state index in [0.29, 0.717) is 0 Å². The minimum atomic E-state index is -0.182. The molecule has 0 heterocycles. The number of hydrogen-bond acceptors (Lipinski definition) is 1. The van der Waals surface area contributed by atoms with Crippen LogP contribution in [0.15, 0.2) is 48.5 Å². The van der Waals surface area contributed by atoms with Crippen molar-refractivity contribution in [2.45, 2.75) is 19.4 Å². The van der Waals surface area contributed by atoms with Crippen LogP contribution in [0.3, 0.4) is 0 Å². The van der Waals surface area contributed by atoms with Crippen LogP contribution in [-0.4, -0.2) is 6.54 Å². The first-order chi connectivity index (χ1) is 9.19. The molecular weight excluding hydrogens is 352 g/mol. The highest BCUT2D eigenvalue weighted by Crippen LogP contribution is 2.20. The summed E-state index contributed by atoms with van der Waals surface area (Å²) in [5, 5.41) is 3.49. The lowest BCUT2D eigenvalue weighted by Crippen LogP contribution is -2.22. The average molecular weight is 369 g/mol. The second-order valence-corrected chi connectivity index (χ2v) is 5.74. The van der Waals surface area contributed by atoms with Crippen molar-refractivity contribution in [3.8, 4) is 0 Å². The van der Waals surface area contributed by atoms with Gasteiger partial charge in [-0.3, -0.25) is 0 Å². The van der Waals surface area contributed by atoms with Gasteiger partial charge in [0.15, 0.2) is 0 Å². The largest absolute Gasteiger partial charge is 0.310 e. The van der Waals surface area contributed by atoms with E-state index >= 15 is 0 Å². The molecule has 1 N–H and O–H groups in total. The topological polar surface area (TPSA) is 12.0 Å². The van der Waals surface area contributed by atoms with E-state index in [0.717, 1.165) is 18.5 Å². The Hall–Kier alpha value is -0.940. The molecule has 3 heteroatoms. The number of benzene rings is 2. The van der Waals surface area contributed by atoms with Crippen molar-refractivity contribution in [2.24, 2.45) is 0 Å². The average Bonchev–Trinajstić information content (AvgIpc) is 2.42. The van der Waals surface area contributed by atoms with E-state index in [1.165, 1.54) is 21.3 Å². The fourth-order valence-corrected chi connectivity index (χ4v) is 2.47. The van der Waals surface area contributed by atoms with Gasteiger partial charge in [-0.05, 0) is 70.9 Å². The van der Waals surface area contributed by atoms with E-state index in [1.807, 2.05) is 12.1 Å². The zero-order valence-electron chi connectivity index (χ0n) is 10.9. The summed E-state index contributed by atoms with van der Waals surface area (Å²) < 4.78 is 14.2. The highest BCUT2D eigenvalue weighted by Gasteiger charge is 2.11. The molecule has 100 valence electrons. The Morgan fingerprint density at radius 1 is 1.05 bits per heavy atom. The summed E-state index contributed by atoms with van der Waals surface area (Å²) >= 11 is 2.31. The van der Waals surface area contributed by atoms with Crippen LogP contribution < -0.4 is 5.32 Å². The summed E-state index contributed by atoms with van der Waals surface area (Å²) in [7, 11) is 0. The van der Waals surface area contributed by atoms with Gasteiger partial charge in [0.1, 0.15) is 5.82 Å². The Labute approximate surface area is 127 Å². The molecule has 1 atom stereocenters. The van der Waals surface area contributed by atoms with Crippen LogP contribution in [0.4, 0.5) is 4.39 Å². The van der Waals surface area contributed by atoms with Gasteiger partial charge in [-0.2, -0.15) is 0 Å². The minimum Gasteiger partial charge on any atom is -0.310 e. The number of rotatable bonds is 5. The first-order valence-corrected chi connectivity index (χ1v) is 7.50. The molecule has 19 heavy (non-hydrogen) atoms. The predicted molar refractivity (Wildman–Crippen MR) is 85.7 cm³/mol. The zero-order valence-corrected chi connectivity index (χ0v) is 13.0. The molecule has 1 unspecified atom stereocenters. The number of nitrogens with one attached hydrogen (secondary N) is 1. The van der Waals surface area contributed by atoms with Crippen molar-refractivity contribution < 1.29 is 4.39 Å².